The Kier molecular flexibility index (Phi) is 5.27. The van der Waals surface area contributed by atoms with E-state index < -0.39 is 0 Å². The molecule has 0 radical (unpaired) electrons. The van der Waals surface area contributed by atoms with E-state index in [-0.39, 0.29) is 17.1 Å². The number of aromatic nitrogens is 4. The minimum absolute atomic E-state index is 0.0896. The van der Waals surface area contributed by atoms with E-state index in [1.54, 1.807) is 18.5 Å². The van der Waals surface area contributed by atoms with Crippen LogP contribution in [-0.2, 0) is 6.54 Å². The molecule has 0 atom stereocenters. The van der Waals surface area contributed by atoms with Crippen LogP contribution in [0.4, 0.5) is 0 Å². The van der Waals surface area contributed by atoms with Crippen molar-refractivity contribution in [2.45, 2.75) is 33.2 Å². The van der Waals surface area contributed by atoms with Crippen LogP contribution in [0.2, 0.25) is 0 Å². The number of carbonyl (C=O) groups is 1. The second-order valence-corrected chi connectivity index (χ2v) is 7.12. The number of Topliss-reactive ketones (excluding diaryl/α,β-unsaturated/α-hetero) is 1. The first-order chi connectivity index (χ1) is 14.5. The quantitative estimate of drug-likeness (QED) is 0.455. The molecule has 0 amide bonds. The molecule has 7 heteroatoms. The Morgan fingerprint density at radius 1 is 1.17 bits per heavy atom. The summed E-state index contributed by atoms with van der Waals surface area (Å²) in [5, 5.41) is 14.9. The van der Waals surface area contributed by atoms with Gasteiger partial charge in [0.25, 0.3) is 0 Å². The van der Waals surface area contributed by atoms with Gasteiger partial charge in [0.1, 0.15) is 23.4 Å². The molecule has 4 rings (SSSR count). The lowest BCUT2D eigenvalue weighted by Crippen LogP contribution is -2.04. The van der Waals surface area contributed by atoms with E-state index in [4.69, 9.17) is 4.74 Å². The maximum Gasteiger partial charge on any atom is 0.170 e. The van der Waals surface area contributed by atoms with Crippen LogP contribution in [0.3, 0.4) is 0 Å². The molecular formula is C23H24N4O3. The average molecular weight is 404 g/mol. The smallest absolute Gasteiger partial charge is 0.170 e. The Bertz CT molecular complexity index is 1220. The average Bonchev–Trinajstić information content (AvgIpc) is 3.39. The Hall–Kier alpha value is -3.61. The van der Waals surface area contributed by atoms with Crippen LogP contribution in [0.25, 0.3) is 27.8 Å². The molecule has 4 aromatic rings. The molecule has 0 saturated carbocycles. The fourth-order valence-corrected chi connectivity index (χ4v) is 3.60. The van der Waals surface area contributed by atoms with Gasteiger partial charge in [-0.25, -0.2) is 4.98 Å². The first-order valence-corrected chi connectivity index (χ1v) is 10.00. The molecule has 2 aromatic heterocycles. The minimum Gasteiger partial charge on any atom is -0.507 e. The fourth-order valence-electron chi connectivity index (χ4n) is 3.60. The SMILES string of the molecule is CCCC(=O)c1c(O)cc(-n2cnc3cc(-c4cnn(CC)c4)ccc32)cc1OC. The topological polar surface area (TPSA) is 82.2 Å². The van der Waals surface area contributed by atoms with Crippen molar-refractivity contribution in [1.29, 1.82) is 0 Å². The standard InChI is InChI=1S/C23H24N4O3/c1-4-6-20(28)23-21(29)10-17(11-22(23)30-3)27-14-24-18-9-15(7-8-19(18)27)16-12-25-26(5-2)13-16/h7-14,29H,4-6H2,1-3H3. The molecule has 154 valence electrons. The largest absolute Gasteiger partial charge is 0.507 e. The number of hydrogen-bond acceptors (Lipinski definition) is 5. The summed E-state index contributed by atoms with van der Waals surface area (Å²) in [6.45, 7) is 4.79. The summed E-state index contributed by atoms with van der Waals surface area (Å²) in [4.78, 5) is 16.9. The lowest BCUT2D eigenvalue weighted by atomic mass is 10.0. The highest BCUT2D eigenvalue weighted by molar-refractivity contribution is 6.01. The zero-order chi connectivity index (χ0) is 21.3. The summed E-state index contributed by atoms with van der Waals surface area (Å²) in [7, 11) is 1.50. The number of phenolic OH excluding ortho intramolecular Hbond substituents is 1. The van der Waals surface area contributed by atoms with Crippen molar-refractivity contribution in [2.75, 3.05) is 7.11 Å². The van der Waals surface area contributed by atoms with E-state index in [0.717, 1.165) is 28.7 Å². The number of nitrogens with zero attached hydrogens (tertiary/aromatic N) is 4. The number of methoxy groups -OCH3 is 1. The van der Waals surface area contributed by atoms with Gasteiger partial charge in [-0.1, -0.05) is 13.0 Å². The van der Waals surface area contributed by atoms with Gasteiger partial charge in [0, 0.05) is 36.9 Å². The van der Waals surface area contributed by atoms with Gasteiger partial charge in [-0.05, 0) is 31.0 Å². The van der Waals surface area contributed by atoms with Crippen molar-refractivity contribution in [3.8, 4) is 28.3 Å². The van der Waals surface area contributed by atoms with Crippen LogP contribution < -0.4 is 4.74 Å². The first kappa shape index (κ1) is 19.7. The van der Waals surface area contributed by atoms with Crippen LogP contribution in [0.1, 0.15) is 37.0 Å². The van der Waals surface area contributed by atoms with Gasteiger partial charge >= 0.3 is 0 Å². The molecule has 7 nitrogen and oxygen atoms in total. The number of ketones is 1. The van der Waals surface area contributed by atoms with Crippen molar-refractivity contribution in [3.05, 3.63) is 54.6 Å². The summed E-state index contributed by atoms with van der Waals surface area (Å²) in [6.07, 6.45) is 6.61. The van der Waals surface area contributed by atoms with E-state index in [1.807, 2.05) is 53.7 Å². The molecule has 0 unspecified atom stereocenters. The Morgan fingerprint density at radius 2 is 2.00 bits per heavy atom. The summed E-state index contributed by atoms with van der Waals surface area (Å²) >= 11 is 0. The number of phenols is 1. The molecule has 0 spiro atoms. The number of hydrogen-bond donors (Lipinski definition) is 1. The maximum absolute atomic E-state index is 12.4. The molecular weight excluding hydrogens is 380 g/mol. The van der Waals surface area contributed by atoms with E-state index >= 15 is 0 Å². The van der Waals surface area contributed by atoms with Crippen LogP contribution in [-0.4, -0.2) is 37.3 Å². The normalized spacial score (nSPS) is 11.2. The van der Waals surface area contributed by atoms with Crippen LogP contribution in [0, 0.1) is 0 Å². The molecule has 1 N–H and O–H groups in total. The molecule has 30 heavy (non-hydrogen) atoms. The highest BCUT2D eigenvalue weighted by Crippen LogP contribution is 2.34. The number of aryl methyl sites for hydroxylation is 1. The van der Waals surface area contributed by atoms with Gasteiger partial charge in [0.2, 0.25) is 0 Å². The number of fused-ring (bicyclic) bond motifs is 1. The molecule has 0 bridgehead atoms. The summed E-state index contributed by atoms with van der Waals surface area (Å²) in [5.41, 5.74) is 4.67. The van der Waals surface area contributed by atoms with Gasteiger partial charge in [-0.15, -0.1) is 0 Å². The Labute approximate surface area is 174 Å². The second-order valence-electron chi connectivity index (χ2n) is 7.12. The van der Waals surface area contributed by atoms with E-state index in [9.17, 15) is 9.90 Å². The molecule has 0 aliphatic rings. The number of rotatable bonds is 7. The second kappa shape index (κ2) is 8.02. The van der Waals surface area contributed by atoms with Gasteiger partial charge in [0.15, 0.2) is 5.78 Å². The van der Waals surface area contributed by atoms with E-state index in [1.165, 1.54) is 7.11 Å². The summed E-state index contributed by atoms with van der Waals surface area (Å²) < 4.78 is 9.16. The molecule has 2 heterocycles. The number of ether oxygens (including phenoxy) is 1. The molecule has 0 fully saturated rings. The third-order valence-electron chi connectivity index (χ3n) is 5.16. The molecule has 0 aliphatic heterocycles. The lowest BCUT2D eigenvalue weighted by molar-refractivity contribution is 0.0976. The zero-order valence-corrected chi connectivity index (χ0v) is 17.3. The zero-order valence-electron chi connectivity index (χ0n) is 17.3. The monoisotopic (exact) mass is 404 g/mol. The highest BCUT2D eigenvalue weighted by atomic mass is 16.5. The van der Waals surface area contributed by atoms with Crippen molar-refractivity contribution >= 4 is 16.8 Å². The summed E-state index contributed by atoms with van der Waals surface area (Å²) in [6, 6.07) is 9.35. The molecule has 0 saturated heterocycles. The van der Waals surface area contributed by atoms with E-state index in [2.05, 4.69) is 10.1 Å². The van der Waals surface area contributed by atoms with Gasteiger partial charge in [0.05, 0.1) is 30.0 Å². The maximum atomic E-state index is 12.4. The van der Waals surface area contributed by atoms with Crippen molar-refractivity contribution < 1.29 is 14.6 Å². The lowest BCUT2D eigenvalue weighted by Gasteiger charge is -2.13. The first-order valence-electron chi connectivity index (χ1n) is 10.00. The van der Waals surface area contributed by atoms with Crippen molar-refractivity contribution in [1.82, 2.24) is 19.3 Å². The predicted octanol–water partition coefficient (Wildman–Crippen LogP) is 4.61. The number of aromatic hydroxyl groups is 1. The van der Waals surface area contributed by atoms with Gasteiger partial charge in [-0.2, -0.15) is 5.10 Å². The Morgan fingerprint density at radius 3 is 2.70 bits per heavy atom. The van der Waals surface area contributed by atoms with E-state index in [0.29, 0.717) is 24.3 Å². The molecule has 0 aliphatic carbocycles. The Balaban J connectivity index is 1.76. The van der Waals surface area contributed by atoms with Gasteiger partial charge < -0.3 is 9.84 Å². The summed E-state index contributed by atoms with van der Waals surface area (Å²) in [5.74, 6) is 0.133. The number of benzene rings is 2. The fraction of sp³-hybridized carbons (Fsp3) is 0.261. The third-order valence-corrected chi connectivity index (χ3v) is 5.16. The van der Waals surface area contributed by atoms with Crippen molar-refractivity contribution in [2.24, 2.45) is 0 Å². The third kappa shape index (κ3) is 3.43. The number of imidazole rings is 1. The highest BCUT2D eigenvalue weighted by Gasteiger charge is 2.19. The van der Waals surface area contributed by atoms with Crippen LogP contribution in [0.15, 0.2) is 49.1 Å². The van der Waals surface area contributed by atoms with Crippen LogP contribution >= 0.6 is 0 Å². The van der Waals surface area contributed by atoms with Crippen molar-refractivity contribution in [3.63, 3.8) is 0 Å². The van der Waals surface area contributed by atoms with Gasteiger partial charge in [-0.3, -0.25) is 14.0 Å². The number of carbonyl (C=O) groups excluding carboxylic acids is 1. The molecule has 2 aromatic carbocycles. The van der Waals surface area contributed by atoms with Crippen LogP contribution in [0.5, 0.6) is 11.5 Å². The minimum atomic E-state index is -0.133. The predicted molar refractivity (Wildman–Crippen MR) is 115 cm³/mol.